The van der Waals surface area contributed by atoms with Gasteiger partial charge in [0.25, 0.3) is 20.0 Å². The maximum atomic E-state index is 13.8. The smallest absolute Gasteiger partial charge is 0.216 e. The van der Waals surface area contributed by atoms with Gasteiger partial charge in [0, 0.05) is 5.56 Å². The number of nitrogens with zero attached hydrogens (tertiary/aromatic N) is 2. The molecule has 166 valence electrons. The Morgan fingerprint density at radius 1 is 0.545 bits per heavy atom. The molecule has 0 aliphatic heterocycles. The summed E-state index contributed by atoms with van der Waals surface area (Å²) in [4.78, 5) is -0.0295. The summed E-state index contributed by atoms with van der Waals surface area (Å²) in [5, 5.41) is 0. The Morgan fingerprint density at radius 2 is 0.970 bits per heavy atom. The van der Waals surface area contributed by atoms with Crippen molar-refractivity contribution >= 4 is 31.6 Å². The topological polar surface area (TPSA) is 83.9 Å². The van der Waals surface area contributed by atoms with E-state index >= 15 is 0 Å². The highest BCUT2D eigenvalue weighted by molar-refractivity contribution is 7.94. The van der Waals surface area contributed by atoms with Crippen LogP contribution in [-0.2, 0) is 20.0 Å². The lowest BCUT2D eigenvalue weighted by molar-refractivity contribution is 0.597. The molecule has 0 aliphatic carbocycles. The molecule has 33 heavy (non-hydrogen) atoms. The summed E-state index contributed by atoms with van der Waals surface area (Å²) in [7, 11) is -8.44. The van der Waals surface area contributed by atoms with Crippen LogP contribution in [0.4, 0.5) is 5.69 Å². The fraction of sp³-hybridized carbons (Fsp3) is 0. The highest BCUT2D eigenvalue weighted by Crippen LogP contribution is 2.27. The van der Waals surface area contributed by atoms with Gasteiger partial charge >= 0.3 is 0 Å². The first-order valence-electron chi connectivity index (χ1n) is 10.0. The van der Waals surface area contributed by atoms with Crippen LogP contribution in [0.5, 0.6) is 0 Å². The fourth-order valence-corrected chi connectivity index (χ4v) is 5.75. The molecule has 0 radical (unpaired) electrons. The van der Waals surface area contributed by atoms with Gasteiger partial charge in [0.1, 0.15) is 0 Å². The molecular weight excluding hydrogens is 456 g/mol. The third-order valence-corrected chi connectivity index (χ3v) is 7.76. The standard InChI is InChI=1S/C25H20N2O4S2/c28-32(29,23-17-9-3-10-18-23)26-25(21-13-5-1-6-14-21)27(22-15-7-2-8-16-22)33(30,31)24-19-11-4-12-20-24/h1-20H/b26-25+. The third kappa shape index (κ3) is 4.87. The predicted octanol–water partition coefficient (Wildman–Crippen LogP) is 4.72. The molecule has 0 amide bonds. The van der Waals surface area contributed by atoms with Crippen molar-refractivity contribution in [3.05, 3.63) is 127 Å². The van der Waals surface area contributed by atoms with E-state index in [1.807, 2.05) is 0 Å². The van der Waals surface area contributed by atoms with E-state index in [1.54, 1.807) is 97.1 Å². The summed E-state index contributed by atoms with van der Waals surface area (Å²) in [6.45, 7) is 0. The van der Waals surface area contributed by atoms with Gasteiger partial charge in [-0.1, -0.05) is 84.9 Å². The minimum atomic E-state index is -4.22. The first kappa shape index (κ1) is 22.4. The molecule has 0 saturated heterocycles. The minimum Gasteiger partial charge on any atom is -0.216 e. The van der Waals surface area contributed by atoms with Crippen molar-refractivity contribution in [3.63, 3.8) is 0 Å². The van der Waals surface area contributed by atoms with Crippen molar-refractivity contribution in [1.82, 2.24) is 0 Å². The van der Waals surface area contributed by atoms with Gasteiger partial charge in [-0.15, -0.1) is 4.40 Å². The van der Waals surface area contributed by atoms with Crippen LogP contribution in [0, 0.1) is 0 Å². The molecule has 0 heterocycles. The van der Waals surface area contributed by atoms with Crippen LogP contribution < -0.4 is 4.31 Å². The molecule has 6 nitrogen and oxygen atoms in total. The van der Waals surface area contributed by atoms with Gasteiger partial charge in [-0.3, -0.25) is 0 Å². The molecule has 0 unspecified atom stereocenters. The van der Waals surface area contributed by atoms with E-state index in [1.165, 1.54) is 24.3 Å². The normalized spacial score (nSPS) is 12.3. The van der Waals surface area contributed by atoms with Crippen LogP contribution in [0.15, 0.2) is 136 Å². The Bertz CT molecular complexity index is 1460. The highest BCUT2D eigenvalue weighted by atomic mass is 32.2. The summed E-state index contributed by atoms with van der Waals surface area (Å²) < 4.78 is 59.1. The molecule has 8 heteroatoms. The number of rotatable bonds is 6. The molecule has 0 saturated carbocycles. The molecule has 0 N–H and O–H groups in total. The average molecular weight is 477 g/mol. The van der Waals surface area contributed by atoms with Crippen molar-refractivity contribution in [1.29, 1.82) is 0 Å². The summed E-state index contributed by atoms with van der Waals surface area (Å²) in [5.74, 6) is -0.227. The molecule has 4 aromatic carbocycles. The molecular formula is C25H20N2O4S2. The Balaban J connectivity index is 2.02. The second-order valence-electron chi connectivity index (χ2n) is 6.99. The number of anilines is 1. The van der Waals surface area contributed by atoms with Crippen molar-refractivity contribution in [3.8, 4) is 0 Å². The zero-order valence-electron chi connectivity index (χ0n) is 17.4. The van der Waals surface area contributed by atoms with E-state index in [2.05, 4.69) is 4.40 Å². The zero-order valence-corrected chi connectivity index (χ0v) is 19.0. The average Bonchev–Trinajstić information content (AvgIpc) is 2.86. The SMILES string of the molecule is O=S(=O)(/N=C(\c1ccccc1)N(c1ccccc1)S(=O)(=O)c1ccccc1)c1ccccc1. The zero-order chi connectivity index (χ0) is 23.3. The first-order chi connectivity index (χ1) is 15.9. The van der Waals surface area contributed by atoms with E-state index in [0.717, 1.165) is 4.31 Å². The molecule has 0 spiro atoms. The molecule has 4 aromatic rings. The Hall–Kier alpha value is -3.75. The molecule has 0 aromatic heterocycles. The molecule has 0 bridgehead atoms. The van der Waals surface area contributed by atoms with Crippen LogP contribution in [0.1, 0.15) is 5.56 Å². The molecule has 0 aliphatic rings. The van der Waals surface area contributed by atoms with Gasteiger partial charge in [0.05, 0.1) is 15.5 Å². The first-order valence-corrected chi connectivity index (χ1v) is 12.9. The summed E-state index contributed by atoms with van der Waals surface area (Å²) in [6.07, 6.45) is 0. The van der Waals surface area contributed by atoms with E-state index in [4.69, 9.17) is 0 Å². The Kier molecular flexibility index (Phi) is 6.39. The lowest BCUT2D eigenvalue weighted by atomic mass is 10.2. The number of hydrogen-bond acceptors (Lipinski definition) is 4. The monoisotopic (exact) mass is 476 g/mol. The van der Waals surface area contributed by atoms with Crippen molar-refractivity contribution in [2.75, 3.05) is 4.31 Å². The van der Waals surface area contributed by atoms with Crippen LogP contribution in [-0.4, -0.2) is 22.7 Å². The fourth-order valence-electron chi connectivity index (χ4n) is 3.19. The summed E-state index contributed by atoms with van der Waals surface area (Å²) in [6, 6.07) is 32.2. The van der Waals surface area contributed by atoms with Crippen molar-refractivity contribution in [2.45, 2.75) is 9.79 Å². The second-order valence-corrected chi connectivity index (χ2v) is 10.4. The third-order valence-electron chi connectivity index (χ3n) is 4.74. The molecule has 4 rings (SSSR count). The van der Waals surface area contributed by atoms with E-state index in [-0.39, 0.29) is 21.3 Å². The van der Waals surface area contributed by atoms with Gasteiger partial charge < -0.3 is 0 Å². The Labute approximate surface area is 193 Å². The number of hydrogen-bond donors (Lipinski definition) is 0. The van der Waals surface area contributed by atoms with Crippen LogP contribution in [0.3, 0.4) is 0 Å². The van der Waals surface area contributed by atoms with Gasteiger partial charge in [0.2, 0.25) is 0 Å². The number of amidine groups is 1. The largest absolute Gasteiger partial charge is 0.284 e. The number of para-hydroxylation sites is 1. The molecule has 0 atom stereocenters. The lowest BCUT2D eigenvalue weighted by Gasteiger charge is -2.26. The predicted molar refractivity (Wildman–Crippen MR) is 129 cm³/mol. The van der Waals surface area contributed by atoms with E-state index in [0.29, 0.717) is 5.56 Å². The van der Waals surface area contributed by atoms with Crippen LogP contribution >= 0.6 is 0 Å². The Morgan fingerprint density at radius 3 is 1.48 bits per heavy atom. The highest BCUT2D eigenvalue weighted by Gasteiger charge is 2.32. The van der Waals surface area contributed by atoms with E-state index in [9.17, 15) is 16.8 Å². The van der Waals surface area contributed by atoms with Crippen molar-refractivity contribution in [2.24, 2.45) is 4.40 Å². The van der Waals surface area contributed by atoms with Crippen molar-refractivity contribution < 1.29 is 16.8 Å². The molecule has 0 fully saturated rings. The number of sulfonamides is 2. The maximum Gasteiger partial charge on any atom is 0.284 e. The lowest BCUT2D eigenvalue weighted by Crippen LogP contribution is -2.38. The van der Waals surface area contributed by atoms with Gasteiger partial charge in [0.15, 0.2) is 5.84 Å². The van der Waals surface area contributed by atoms with Crippen LogP contribution in [0.25, 0.3) is 0 Å². The minimum absolute atomic E-state index is 0.00888. The second kappa shape index (κ2) is 9.40. The summed E-state index contributed by atoms with van der Waals surface area (Å²) in [5.41, 5.74) is 0.590. The van der Waals surface area contributed by atoms with E-state index < -0.39 is 20.0 Å². The van der Waals surface area contributed by atoms with Gasteiger partial charge in [-0.25, -0.2) is 12.7 Å². The number of benzene rings is 4. The van der Waals surface area contributed by atoms with Gasteiger partial charge in [-0.2, -0.15) is 8.42 Å². The van der Waals surface area contributed by atoms with Gasteiger partial charge in [-0.05, 0) is 36.4 Å². The van der Waals surface area contributed by atoms with Crippen LogP contribution in [0.2, 0.25) is 0 Å². The maximum absolute atomic E-state index is 13.8. The summed E-state index contributed by atoms with van der Waals surface area (Å²) >= 11 is 0. The quantitative estimate of drug-likeness (QED) is 0.298.